The van der Waals surface area contributed by atoms with Gasteiger partial charge in [0.15, 0.2) is 0 Å². The number of fused-ring (bicyclic) bond motifs is 1. The van der Waals surface area contributed by atoms with Crippen molar-refractivity contribution in [1.82, 2.24) is 4.98 Å². The molecule has 1 aliphatic rings. The number of pyridine rings is 1. The third kappa shape index (κ3) is 2.23. The number of nitrogens with two attached hydrogens (primary N) is 1. The zero-order chi connectivity index (χ0) is 13.4. The van der Waals surface area contributed by atoms with E-state index in [9.17, 15) is 5.26 Å². The molecule has 19 heavy (non-hydrogen) atoms. The van der Waals surface area contributed by atoms with Gasteiger partial charge in [-0.05, 0) is 30.7 Å². The van der Waals surface area contributed by atoms with Gasteiger partial charge in [-0.2, -0.15) is 5.26 Å². The maximum absolute atomic E-state index is 9.28. The zero-order valence-corrected chi connectivity index (χ0v) is 11.1. The van der Waals surface area contributed by atoms with E-state index < -0.39 is 0 Å². The van der Waals surface area contributed by atoms with Gasteiger partial charge in [0.05, 0.1) is 17.1 Å². The summed E-state index contributed by atoms with van der Waals surface area (Å²) in [6.45, 7) is 1.68. The van der Waals surface area contributed by atoms with Crippen LogP contribution in [-0.2, 0) is 0 Å². The first-order chi connectivity index (χ1) is 9.17. The maximum atomic E-state index is 9.28. The zero-order valence-electron chi connectivity index (χ0n) is 10.3. The molecule has 0 saturated carbocycles. The number of anilines is 1. The number of nitriles is 1. The largest absolute Gasteiger partial charge is 0.355 e. The van der Waals surface area contributed by atoms with E-state index >= 15 is 0 Å². The summed E-state index contributed by atoms with van der Waals surface area (Å²) in [6, 6.07) is 9.63. The van der Waals surface area contributed by atoms with E-state index in [0.29, 0.717) is 10.6 Å². The monoisotopic (exact) mass is 272 g/mol. The second-order valence-corrected chi connectivity index (χ2v) is 5.23. The molecule has 1 aromatic carbocycles. The number of halogens is 1. The van der Waals surface area contributed by atoms with E-state index in [1.165, 1.54) is 0 Å². The normalized spacial score (nSPS) is 18.8. The molecular formula is C14H13ClN4. The summed E-state index contributed by atoms with van der Waals surface area (Å²) in [4.78, 5) is 6.73. The van der Waals surface area contributed by atoms with E-state index in [2.05, 4.69) is 16.0 Å². The molecule has 0 amide bonds. The average molecular weight is 273 g/mol. The molecule has 2 heterocycles. The molecular weight excluding hydrogens is 260 g/mol. The Morgan fingerprint density at radius 1 is 1.42 bits per heavy atom. The van der Waals surface area contributed by atoms with Crippen molar-refractivity contribution in [3.8, 4) is 6.07 Å². The molecule has 0 aliphatic carbocycles. The van der Waals surface area contributed by atoms with Crippen LogP contribution in [-0.4, -0.2) is 24.1 Å². The number of benzene rings is 1. The van der Waals surface area contributed by atoms with Crippen LogP contribution in [0.25, 0.3) is 10.9 Å². The Morgan fingerprint density at radius 3 is 2.95 bits per heavy atom. The van der Waals surface area contributed by atoms with Crippen molar-refractivity contribution in [2.24, 2.45) is 5.73 Å². The van der Waals surface area contributed by atoms with Crippen molar-refractivity contribution in [2.75, 3.05) is 18.0 Å². The summed E-state index contributed by atoms with van der Waals surface area (Å²) in [6.07, 6.45) is 0.961. The maximum Gasteiger partial charge on any atom is 0.130 e. The predicted molar refractivity (Wildman–Crippen MR) is 76.3 cm³/mol. The van der Waals surface area contributed by atoms with Gasteiger partial charge in [-0.3, -0.25) is 0 Å². The van der Waals surface area contributed by atoms with Crippen LogP contribution in [0.15, 0.2) is 24.3 Å². The molecule has 0 bridgehead atoms. The molecule has 1 aromatic heterocycles. The van der Waals surface area contributed by atoms with Gasteiger partial charge in [0.2, 0.25) is 0 Å². The van der Waals surface area contributed by atoms with Crippen molar-refractivity contribution in [1.29, 1.82) is 5.26 Å². The third-order valence-electron chi connectivity index (χ3n) is 3.43. The number of nitrogens with zero attached hydrogens (tertiary/aromatic N) is 3. The Balaban J connectivity index is 2.13. The topological polar surface area (TPSA) is 65.9 Å². The van der Waals surface area contributed by atoms with Gasteiger partial charge < -0.3 is 10.6 Å². The summed E-state index contributed by atoms with van der Waals surface area (Å²) in [5.41, 5.74) is 7.30. The number of aromatic nitrogens is 1. The van der Waals surface area contributed by atoms with Crippen LogP contribution in [0.4, 0.5) is 5.82 Å². The molecule has 2 aromatic rings. The summed E-state index contributed by atoms with van der Waals surface area (Å²) >= 11 is 5.97. The molecule has 4 nitrogen and oxygen atoms in total. The molecule has 0 radical (unpaired) electrons. The van der Waals surface area contributed by atoms with Crippen LogP contribution in [0.5, 0.6) is 0 Å². The molecule has 0 unspecified atom stereocenters. The fraction of sp³-hybridized carbons (Fsp3) is 0.286. The Morgan fingerprint density at radius 2 is 2.26 bits per heavy atom. The smallest absolute Gasteiger partial charge is 0.130 e. The van der Waals surface area contributed by atoms with Gasteiger partial charge in [-0.15, -0.1) is 0 Å². The third-order valence-corrected chi connectivity index (χ3v) is 3.66. The minimum Gasteiger partial charge on any atom is -0.355 e. The quantitative estimate of drug-likeness (QED) is 0.865. The average Bonchev–Trinajstić information content (AvgIpc) is 2.84. The highest BCUT2D eigenvalue weighted by Gasteiger charge is 2.21. The highest BCUT2D eigenvalue weighted by Crippen LogP contribution is 2.26. The van der Waals surface area contributed by atoms with Crippen molar-refractivity contribution in [3.05, 3.63) is 34.9 Å². The fourth-order valence-corrected chi connectivity index (χ4v) is 2.61. The highest BCUT2D eigenvalue weighted by molar-refractivity contribution is 6.31. The van der Waals surface area contributed by atoms with Crippen LogP contribution in [0.2, 0.25) is 5.02 Å². The summed E-state index contributed by atoms with van der Waals surface area (Å²) in [5, 5.41) is 10.7. The highest BCUT2D eigenvalue weighted by atomic mass is 35.5. The minimum atomic E-state index is 0.188. The number of hydrogen-bond donors (Lipinski definition) is 1. The molecule has 96 valence electrons. The van der Waals surface area contributed by atoms with Crippen LogP contribution >= 0.6 is 11.6 Å². The molecule has 5 heteroatoms. The molecule has 1 atom stereocenters. The second-order valence-electron chi connectivity index (χ2n) is 4.80. The van der Waals surface area contributed by atoms with Crippen molar-refractivity contribution in [3.63, 3.8) is 0 Å². The summed E-state index contributed by atoms with van der Waals surface area (Å²) in [7, 11) is 0. The Labute approximate surface area is 116 Å². The van der Waals surface area contributed by atoms with E-state index in [0.717, 1.165) is 36.2 Å². The van der Waals surface area contributed by atoms with Crippen LogP contribution in [0.3, 0.4) is 0 Å². The lowest BCUT2D eigenvalue weighted by atomic mass is 10.1. The summed E-state index contributed by atoms with van der Waals surface area (Å²) < 4.78 is 0. The van der Waals surface area contributed by atoms with Gasteiger partial charge in [-0.25, -0.2) is 4.98 Å². The molecule has 0 spiro atoms. The number of rotatable bonds is 1. The standard InChI is InChI=1S/C14H13ClN4/c15-10-1-2-13-12(6-10)9(7-16)5-14(18-13)19-4-3-11(17)8-19/h1-2,5-6,11H,3-4,8,17H2/t11-/m1/s1. The van der Waals surface area contributed by atoms with E-state index in [-0.39, 0.29) is 6.04 Å². The van der Waals surface area contributed by atoms with Gasteiger partial charge in [0.25, 0.3) is 0 Å². The first kappa shape index (κ1) is 12.2. The predicted octanol–water partition coefficient (Wildman–Crippen LogP) is 2.30. The van der Waals surface area contributed by atoms with Gasteiger partial charge in [0.1, 0.15) is 5.82 Å². The van der Waals surface area contributed by atoms with Crippen LogP contribution in [0.1, 0.15) is 12.0 Å². The molecule has 1 fully saturated rings. The molecule has 1 saturated heterocycles. The fourth-order valence-electron chi connectivity index (χ4n) is 2.43. The van der Waals surface area contributed by atoms with E-state index in [4.69, 9.17) is 17.3 Å². The Hall–Kier alpha value is -1.83. The second kappa shape index (κ2) is 4.69. The van der Waals surface area contributed by atoms with Gasteiger partial charge >= 0.3 is 0 Å². The first-order valence-electron chi connectivity index (χ1n) is 6.18. The lowest BCUT2D eigenvalue weighted by molar-refractivity contribution is 0.751. The first-order valence-corrected chi connectivity index (χ1v) is 6.56. The van der Waals surface area contributed by atoms with Crippen molar-refractivity contribution in [2.45, 2.75) is 12.5 Å². The SMILES string of the molecule is N#Cc1cc(N2CC[C@@H](N)C2)nc2ccc(Cl)cc12. The Kier molecular flexibility index (Phi) is 3.02. The Bertz CT molecular complexity index is 677. The lowest BCUT2D eigenvalue weighted by Gasteiger charge is -2.17. The molecule has 1 aliphatic heterocycles. The van der Waals surface area contributed by atoms with Crippen LogP contribution in [0, 0.1) is 11.3 Å². The number of hydrogen-bond acceptors (Lipinski definition) is 4. The van der Waals surface area contributed by atoms with E-state index in [1.54, 1.807) is 12.1 Å². The molecule has 2 N–H and O–H groups in total. The van der Waals surface area contributed by atoms with Crippen LogP contribution < -0.4 is 10.6 Å². The van der Waals surface area contributed by atoms with Gasteiger partial charge in [0, 0.05) is 29.5 Å². The van der Waals surface area contributed by atoms with Crippen molar-refractivity contribution >= 4 is 28.3 Å². The molecule has 3 rings (SSSR count). The van der Waals surface area contributed by atoms with Gasteiger partial charge in [-0.1, -0.05) is 11.6 Å². The lowest BCUT2D eigenvalue weighted by Crippen LogP contribution is -2.26. The summed E-state index contributed by atoms with van der Waals surface area (Å²) in [5.74, 6) is 0.819. The van der Waals surface area contributed by atoms with Crippen molar-refractivity contribution < 1.29 is 0 Å². The van der Waals surface area contributed by atoms with E-state index in [1.807, 2.05) is 12.1 Å². The minimum absolute atomic E-state index is 0.188.